The lowest BCUT2D eigenvalue weighted by Crippen LogP contribution is -2.61. The zero-order valence-electron chi connectivity index (χ0n) is 14.6. The maximum atomic E-state index is 11.8. The fourth-order valence-electron chi connectivity index (χ4n) is 4.04. The Labute approximate surface area is 156 Å². The molecule has 144 valence electrons. The minimum atomic E-state index is -1.17. The average Bonchev–Trinajstić information content (AvgIpc) is 3.06. The molecular weight excluding hydrogens is 355 g/mol. The van der Waals surface area contributed by atoms with Gasteiger partial charge in [-0.25, -0.2) is 4.79 Å². The molecule has 0 amide bonds. The minimum Gasteiger partial charge on any atom is -0.535 e. The van der Waals surface area contributed by atoms with Gasteiger partial charge in [0.15, 0.2) is 0 Å². The number of carboxylic acid groups (broad SMARTS) is 2. The van der Waals surface area contributed by atoms with Gasteiger partial charge in [0.05, 0.1) is 0 Å². The molecule has 2 atom stereocenters. The number of benzene rings is 1. The molecule has 0 spiro atoms. The quantitative estimate of drug-likeness (QED) is 0.511. The molecule has 0 saturated carbocycles. The summed E-state index contributed by atoms with van der Waals surface area (Å²) in [6, 6.07) is 2.73. The highest BCUT2D eigenvalue weighted by Gasteiger charge is 2.43. The van der Waals surface area contributed by atoms with Crippen LogP contribution in [0.4, 0.5) is 0 Å². The van der Waals surface area contributed by atoms with E-state index in [2.05, 4.69) is 5.32 Å². The van der Waals surface area contributed by atoms with Crippen molar-refractivity contribution in [2.45, 2.75) is 37.3 Å². The number of nitrogens with one attached hydrogen (secondary N) is 1. The van der Waals surface area contributed by atoms with E-state index in [0.29, 0.717) is 32.4 Å². The number of fused-ring (bicyclic) bond motifs is 1. The first-order valence-electron chi connectivity index (χ1n) is 9.05. The van der Waals surface area contributed by atoms with Gasteiger partial charge in [0, 0.05) is 19.1 Å². The summed E-state index contributed by atoms with van der Waals surface area (Å²) in [6.45, 7) is 1.74. The fraction of sp³-hybridized carbons (Fsp3) is 0.529. The van der Waals surface area contributed by atoms with Crippen LogP contribution < -0.4 is 14.7 Å². The second-order valence-corrected chi connectivity index (χ2v) is 7.16. The van der Waals surface area contributed by atoms with Gasteiger partial charge in [-0.3, -0.25) is 9.69 Å². The molecule has 9 nitrogen and oxygen atoms in total. The van der Waals surface area contributed by atoms with Crippen LogP contribution in [0.1, 0.15) is 22.3 Å². The topological polar surface area (TPSA) is 129 Å². The van der Waals surface area contributed by atoms with E-state index in [0.717, 1.165) is 12.0 Å². The van der Waals surface area contributed by atoms with E-state index in [1.165, 1.54) is 0 Å². The van der Waals surface area contributed by atoms with E-state index in [-0.39, 0.29) is 29.2 Å². The molecule has 3 aliphatic heterocycles. The summed E-state index contributed by atoms with van der Waals surface area (Å²) in [4.78, 5) is 25.1. The van der Waals surface area contributed by atoms with Crippen molar-refractivity contribution in [2.75, 3.05) is 19.6 Å². The van der Waals surface area contributed by atoms with E-state index in [1.807, 2.05) is 4.90 Å². The van der Waals surface area contributed by atoms with E-state index in [9.17, 15) is 24.8 Å². The van der Waals surface area contributed by atoms with Crippen molar-refractivity contribution >= 4 is 19.1 Å². The Hall–Kier alpha value is -2.30. The Morgan fingerprint density at radius 2 is 2.07 bits per heavy atom. The van der Waals surface area contributed by atoms with Gasteiger partial charge in [-0.2, -0.15) is 0 Å². The molecule has 10 heteroatoms. The molecule has 0 bridgehead atoms. The number of rotatable bonds is 5. The Kier molecular flexibility index (Phi) is 4.71. The van der Waals surface area contributed by atoms with Crippen LogP contribution in [-0.2, 0) is 11.2 Å². The lowest BCUT2D eigenvalue weighted by molar-refractivity contribution is -0.141. The van der Waals surface area contributed by atoms with Gasteiger partial charge in [0.2, 0.25) is 0 Å². The number of carbonyl (C=O) groups is 2. The molecule has 3 aliphatic rings. The van der Waals surface area contributed by atoms with Gasteiger partial charge >= 0.3 is 19.1 Å². The predicted molar refractivity (Wildman–Crippen MR) is 94.3 cm³/mol. The first kappa shape index (κ1) is 18.1. The van der Waals surface area contributed by atoms with Crippen LogP contribution in [0.2, 0.25) is 6.32 Å². The van der Waals surface area contributed by atoms with Crippen molar-refractivity contribution in [2.24, 2.45) is 0 Å². The van der Waals surface area contributed by atoms with Crippen LogP contribution in [0.15, 0.2) is 12.1 Å². The first-order chi connectivity index (χ1) is 12.9. The van der Waals surface area contributed by atoms with Crippen LogP contribution >= 0.6 is 0 Å². The summed E-state index contributed by atoms with van der Waals surface area (Å²) < 4.78 is 11.2. The minimum absolute atomic E-state index is 0.0735. The zero-order chi connectivity index (χ0) is 19.1. The Morgan fingerprint density at radius 1 is 1.30 bits per heavy atom. The lowest BCUT2D eigenvalue weighted by Gasteiger charge is -2.43. The van der Waals surface area contributed by atoms with Crippen molar-refractivity contribution in [3.8, 4) is 11.5 Å². The van der Waals surface area contributed by atoms with Crippen LogP contribution in [0.5, 0.6) is 11.5 Å². The third-order valence-electron chi connectivity index (χ3n) is 5.42. The summed E-state index contributed by atoms with van der Waals surface area (Å²) in [5.74, 6) is -1.65. The molecule has 0 aliphatic carbocycles. The molecule has 4 rings (SSSR count). The summed E-state index contributed by atoms with van der Waals surface area (Å²) in [5, 5.41) is 31.6. The number of aliphatic carboxylic acids is 1. The first-order valence-corrected chi connectivity index (χ1v) is 9.05. The number of hydrogen-bond donors (Lipinski definition) is 4. The third-order valence-corrected chi connectivity index (χ3v) is 5.42. The number of hydrogen-bond acceptors (Lipinski definition) is 7. The molecule has 0 unspecified atom stereocenters. The summed E-state index contributed by atoms with van der Waals surface area (Å²) in [7, 11) is -1.02. The highest BCUT2D eigenvalue weighted by atomic mass is 16.5. The normalized spacial score (nSPS) is 25.4. The monoisotopic (exact) mass is 376 g/mol. The van der Waals surface area contributed by atoms with Gasteiger partial charge < -0.3 is 29.9 Å². The van der Waals surface area contributed by atoms with Crippen molar-refractivity contribution in [3.63, 3.8) is 0 Å². The van der Waals surface area contributed by atoms with Crippen molar-refractivity contribution in [1.29, 1.82) is 0 Å². The van der Waals surface area contributed by atoms with Crippen LogP contribution in [-0.4, -0.2) is 77.0 Å². The molecule has 27 heavy (non-hydrogen) atoms. The summed E-state index contributed by atoms with van der Waals surface area (Å²) in [6.07, 6.45) is 1.50. The Bertz CT molecular complexity index is 768. The second-order valence-electron chi connectivity index (χ2n) is 7.16. The van der Waals surface area contributed by atoms with Gasteiger partial charge in [0.25, 0.3) is 0 Å². The van der Waals surface area contributed by atoms with Crippen LogP contribution in [0.25, 0.3) is 0 Å². The number of aromatic carboxylic acids is 1. The molecule has 1 aromatic carbocycles. The molecular formula is C17H21BN2O7. The Balaban J connectivity index is 1.46. The smallest absolute Gasteiger partial charge is 0.522 e. The molecule has 2 fully saturated rings. The van der Waals surface area contributed by atoms with Gasteiger partial charge in [-0.1, -0.05) is 6.07 Å². The van der Waals surface area contributed by atoms with Crippen LogP contribution in [0.3, 0.4) is 0 Å². The third kappa shape index (κ3) is 3.35. The maximum absolute atomic E-state index is 11.8. The zero-order valence-corrected chi connectivity index (χ0v) is 14.6. The van der Waals surface area contributed by atoms with E-state index in [1.54, 1.807) is 12.1 Å². The number of carboxylic acids is 2. The predicted octanol–water partition coefficient (Wildman–Crippen LogP) is -0.322. The molecule has 4 N–H and O–H groups in total. The number of aryl methyl sites for hydroxylation is 1. The summed E-state index contributed by atoms with van der Waals surface area (Å²) >= 11 is 0. The summed E-state index contributed by atoms with van der Waals surface area (Å²) in [5.41, 5.74) is 0.664. The second kappa shape index (κ2) is 7.03. The van der Waals surface area contributed by atoms with E-state index < -0.39 is 25.1 Å². The van der Waals surface area contributed by atoms with E-state index in [4.69, 9.17) is 9.39 Å². The SMILES string of the molecule is O=C(O)c1c(OC2CN([C@H]3CCN[C@@H]3C(=O)O)C2)ccc2c1OB(O)CC2. The average molecular weight is 376 g/mol. The van der Waals surface area contributed by atoms with Crippen molar-refractivity contribution in [3.05, 3.63) is 23.3 Å². The standard InChI is InChI=1S/C17H21BN2O7/c21-16(22)13-12(2-1-9-3-5-18(25)27-15(9)13)26-10-7-20(8-10)11-4-6-19-14(11)17(23)24/h1-2,10-11,14,19,25H,3-8H2,(H,21,22)(H,23,24)/t11-,14-/m0/s1. The molecule has 0 radical (unpaired) electrons. The fourth-order valence-corrected chi connectivity index (χ4v) is 4.04. The molecule has 0 aromatic heterocycles. The highest BCUT2D eigenvalue weighted by Crippen LogP contribution is 2.37. The lowest BCUT2D eigenvalue weighted by atomic mass is 9.78. The van der Waals surface area contributed by atoms with Crippen molar-refractivity contribution < 1.29 is 34.2 Å². The van der Waals surface area contributed by atoms with E-state index >= 15 is 0 Å². The number of likely N-dealkylation sites (tertiary alicyclic amines) is 1. The molecule has 2 saturated heterocycles. The Morgan fingerprint density at radius 3 is 2.78 bits per heavy atom. The highest BCUT2D eigenvalue weighted by molar-refractivity contribution is 6.44. The number of ether oxygens (including phenoxy) is 1. The molecule has 3 heterocycles. The van der Waals surface area contributed by atoms with Crippen LogP contribution in [0, 0.1) is 0 Å². The van der Waals surface area contributed by atoms with Gasteiger partial charge in [-0.05, 0) is 37.3 Å². The molecule has 1 aromatic rings. The van der Waals surface area contributed by atoms with Gasteiger partial charge in [0.1, 0.15) is 29.2 Å². The van der Waals surface area contributed by atoms with Crippen molar-refractivity contribution in [1.82, 2.24) is 10.2 Å². The van der Waals surface area contributed by atoms with Gasteiger partial charge in [-0.15, -0.1) is 0 Å². The number of nitrogens with zero attached hydrogens (tertiary/aromatic N) is 1. The maximum Gasteiger partial charge on any atom is 0.522 e. The largest absolute Gasteiger partial charge is 0.535 e.